The molecule has 1 aliphatic rings. The maximum Gasteiger partial charge on any atom is 0.166 e. The van der Waals surface area contributed by atoms with Crippen molar-refractivity contribution in [2.24, 2.45) is 5.92 Å². The quantitative estimate of drug-likeness (QED) is 0.682. The second kappa shape index (κ2) is 4.27. The van der Waals surface area contributed by atoms with Crippen LogP contribution in [0.4, 0.5) is 0 Å². The van der Waals surface area contributed by atoms with Crippen molar-refractivity contribution >= 4 is 17.3 Å². The molecule has 2 N–H and O–H groups in total. The molecule has 0 aliphatic heterocycles. The van der Waals surface area contributed by atoms with Gasteiger partial charge < -0.3 is 10.6 Å². The van der Waals surface area contributed by atoms with E-state index in [1.807, 2.05) is 0 Å². The standard InChI is InChI=1S/C10H20N2S/c1-8(2)7-11-9(13)12-10(3)5-4-6-10/h8H,4-7H2,1-3H3,(H2,11,12,13). The van der Waals surface area contributed by atoms with Crippen molar-refractivity contribution in [2.45, 2.75) is 45.6 Å². The van der Waals surface area contributed by atoms with Gasteiger partial charge in [0.15, 0.2) is 5.11 Å². The lowest BCUT2D eigenvalue weighted by Gasteiger charge is -2.40. The molecule has 0 aromatic heterocycles. The third-order valence-corrected chi connectivity index (χ3v) is 2.79. The van der Waals surface area contributed by atoms with Crippen LogP contribution >= 0.6 is 12.2 Å². The zero-order valence-electron chi connectivity index (χ0n) is 8.81. The molecule has 0 aromatic rings. The summed E-state index contributed by atoms with van der Waals surface area (Å²) in [5, 5.41) is 7.41. The minimum atomic E-state index is 0.279. The molecular weight excluding hydrogens is 180 g/mol. The molecule has 0 aromatic carbocycles. The summed E-state index contributed by atoms with van der Waals surface area (Å²) in [4.78, 5) is 0. The Bertz CT molecular complexity index is 185. The topological polar surface area (TPSA) is 24.1 Å². The molecule has 0 unspecified atom stereocenters. The van der Waals surface area contributed by atoms with Crippen LogP contribution in [0.5, 0.6) is 0 Å². The number of hydrogen-bond acceptors (Lipinski definition) is 1. The molecule has 0 amide bonds. The third kappa shape index (κ3) is 3.51. The predicted octanol–water partition coefficient (Wildman–Crippen LogP) is 2.05. The maximum absolute atomic E-state index is 5.20. The Balaban J connectivity index is 2.17. The summed E-state index contributed by atoms with van der Waals surface area (Å²) < 4.78 is 0. The smallest absolute Gasteiger partial charge is 0.166 e. The van der Waals surface area contributed by atoms with Crippen LogP contribution in [0.25, 0.3) is 0 Å². The highest BCUT2D eigenvalue weighted by molar-refractivity contribution is 7.80. The molecule has 0 spiro atoms. The first-order valence-electron chi connectivity index (χ1n) is 5.08. The molecule has 1 aliphatic carbocycles. The Morgan fingerprint density at radius 1 is 1.46 bits per heavy atom. The number of rotatable bonds is 3. The normalized spacial score (nSPS) is 19.4. The Morgan fingerprint density at radius 2 is 2.08 bits per heavy atom. The van der Waals surface area contributed by atoms with Crippen molar-refractivity contribution in [2.75, 3.05) is 6.54 Å². The summed E-state index contributed by atoms with van der Waals surface area (Å²) in [5.74, 6) is 0.647. The van der Waals surface area contributed by atoms with Gasteiger partial charge in [0.2, 0.25) is 0 Å². The van der Waals surface area contributed by atoms with E-state index in [-0.39, 0.29) is 5.54 Å². The van der Waals surface area contributed by atoms with E-state index in [0.717, 1.165) is 11.7 Å². The fourth-order valence-corrected chi connectivity index (χ4v) is 1.78. The first kappa shape index (κ1) is 10.8. The molecule has 0 bridgehead atoms. The molecule has 0 saturated heterocycles. The molecule has 13 heavy (non-hydrogen) atoms. The zero-order chi connectivity index (χ0) is 9.90. The zero-order valence-corrected chi connectivity index (χ0v) is 9.63. The molecular formula is C10H20N2S. The Labute approximate surface area is 86.5 Å². The van der Waals surface area contributed by atoms with Crippen molar-refractivity contribution in [1.82, 2.24) is 10.6 Å². The van der Waals surface area contributed by atoms with Crippen molar-refractivity contribution in [3.05, 3.63) is 0 Å². The average molecular weight is 200 g/mol. The van der Waals surface area contributed by atoms with Gasteiger partial charge in [-0.05, 0) is 44.3 Å². The highest BCUT2D eigenvalue weighted by Crippen LogP contribution is 2.30. The molecule has 3 heteroatoms. The summed E-state index contributed by atoms with van der Waals surface area (Å²) in [6.07, 6.45) is 3.82. The molecule has 76 valence electrons. The Kier molecular flexibility index (Phi) is 3.54. The van der Waals surface area contributed by atoms with Crippen molar-refractivity contribution < 1.29 is 0 Å². The van der Waals surface area contributed by atoms with Gasteiger partial charge in [-0.3, -0.25) is 0 Å². The molecule has 0 heterocycles. The molecule has 1 rings (SSSR count). The lowest BCUT2D eigenvalue weighted by atomic mass is 9.79. The lowest BCUT2D eigenvalue weighted by molar-refractivity contribution is 0.243. The van der Waals surface area contributed by atoms with Gasteiger partial charge in [0.1, 0.15) is 0 Å². The largest absolute Gasteiger partial charge is 0.362 e. The van der Waals surface area contributed by atoms with Crippen molar-refractivity contribution in [3.63, 3.8) is 0 Å². The van der Waals surface area contributed by atoms with Crippen molar-refractivity contribution in [3.8, 4) is 0 Å². The van der Waals surface area contributed by atoms with Gasteiger partial charge in [-0.2, -0.15) is 0 Å². The van der Waals surface area contributed by atoms with Crippen LogP contribution < -0.4 is 10.6 Å². The van der Waals surface area contributed by atoms with E-state index in [2.05, 4.69) is 31.4 Å². The van der Waals surface area contributed by atoms with Gasteiger partial charge in [0.05, 0.1) is 0 Å². The van der Waals surface area contributed by atoms with Crippen LogP contribution in [0.15, 0.2) is 0 Å². The summed E-state index contributed by atoms with van der Waals surface area (Å²) in [5.41, 5.74) is 0.279. The summed E-state index contributed by atoms with van der Waals surface area (Å²) in [6, 6.07) is 0. The monoisotopic (exact) mass is 200 g/mol. The Hall–Kier alpha value is -0.310. The summed E-state index contributed by atoms with van der Waals surface area (Å²) in [7, 11) is 0. The van der Waals surface area contributed by atoms with Gasteiger partial charge in [-0.1, -0.05) is 13.8 Å². The van der Waals surface area contributed by atoms with Crippen LogP contribution in [-0.2, 0) is 0 Å². The van der Waals surface area contributed by atoms with Gasteiger partial charge in [-0.25, -0.2) is 0 Å². The van der Waals surface area contributed by atoms with E-state index < -0.39 is 0 Å². The molecule has 1 saturated carbocycles. The third-order valence-electron chi connectivity index (χ3n) is 2.54. The van der Waals surface area contributed by atoms with Crippen LogP contribution in [0.2, 0.25) is 0 Å². The van der Waals surface area contributed by atoms with Gasteiger partial charge in [0.25, 0.3) is 0 Å². The summed E-state index contributed by atoms with van der Waals surface area (Å²) >= 11 is 5.20. The molecule has 0 radical (unpaired) electrons. The number of hydrogen-bond donors (Lipinski definition) is 2. The number of thiocarbonyl (C=S) groups is 1. The molecule has 0 atom stereocenters. The predicted molar refractivity (Wildman–Crippen MR) is 60.8 cm³/mol. The van der Waals surface area contributed by atoms with Crippen LogP contribution in [0, 0.1) is 5.92 Å². The van der Waals surface area contributed by atoms with Gasteiger partial charge >= 0.3 is 0 Å². The maximum atomic E-state index is 5.20. The average Bonchev–Trinajstić information content (AvgIpc) is 1.98. The summed E-state index contributed by atoms with van der Waals surface area (Å²) in [6.45, 7) is 7.56. The molecule has 1 fully saturated rings. The van der Waals surface area contributed by atoms with Crippen LogP contribution in [-0.4, -0.2) is 17.2 Å². The van der Waals surface area contributed by atoms with E-state index in [0.29, 0.717) is 5.92 Å². The van der Waals surface area contributed by atoms with Crippen LogP contribution in [0.1, 0.15) is 40.0 Å². The SMILES string of the molecule is CC(C)CNC(=S)NC1(C)CCC1. The van der Waals surface area contributed by atoms with Gasteiger partial charge in [0, 0.05) is 12.1 Å². The van der Waals surface area contributed by atoms with E-state index in [1.165, 1.54) is 19.3 Å². The number of nitrogens with one attached hydrogen (secondary N) is 2. The van der Waals surface area contributed by atoms with E-state index in [1.54, 1.807) is 0 Å². The second-order valence-electron chi connectivity index (χ2n) is 4.64. The van der Waals surface area contributed by atoms with Crippen LogP contribution in [0.3, 0.4) is 0 Å². The highest BCUT2D eigenvalue weighted by Gasteiger charge is 2.31. The first-order chi connectivity index (χ1) is 6.02. The fraction of sp³-hybridized carbons (Fsp3) is 0.900. The van der Waals surface area contributed by atoms with Crippen molar-refractivity contribution in [1.29, 1.82) is 0 Å². The van der Waals surface area contributed by atoms with E-state index >= 15 is 0 Å². The fourth-order valence-electron chi connectivity index (χ4n) is 1.45. The van der Waals surface area contributed by atoms with E-state index in [9.17, 15) is 0 Å². The highest BCUT2D eigenvalue weighted by atomic mass is 32.1. The van der Waals surface area contributed by atoms with Gasteiger partial charge in [-0.15, -0.1) is 0 Å². The minimum Gasteiger partial charge on any atom is -0.362 e. The van der Waals surface area contributed by atoms with E-state index in [4.69, 9.17) is 12.2 Å². The first-order valence-corrected chi connectivity index (χ1v) is 5.49. The molecule has 2 nitrogen and oxygen atoms in total. The second-order valence-corrected chi connectivity index (χ2v) is 5.05. The lowest BCUT2D eigenvalue weighted by Crippen LogP contribution is -2.54. The minimum absolute atomic E-state index is 0.279. The Morgan fingerprint density at radius 3 is 2.46 bits per heavy atom.